The minimum atomic E-state index is 0. The summed E-state index contributed by atoms with van der Waals surface area (Å²) in [7, 11) is 1.46. The molecule has 0 atom stereocenters. The smallest absolute Gasteiger partial charge is 1.00 e. The first-order valence-electron chi connectivity index (χ1n) is 0.537. The van der Waals surface area contributed by atoms with Crippen LogP contribution >= 0.6 is 0 Å². The van der Waals surface area contributed by atoms with E-state index in [0.29, 0.717) is 0 Å². The second-order valence-electron chi connectivity index (χ2n) is 0.129. The van der Waals surface area contributed by atoms with Gasteiger partial charge in [0.1, 0.15) is 0 Å². The summed E-state index contributed by atoms with van der Waals surface area (Å²) in [5.41, 5.74) is 0. The average molecular weight is 125 g/mol. The van der Waals surface area contributed by atoms with Crippen molar-refractivity contribution in [1.82, 2.24) is 0 Å². The van der Waals surface area contributed by atoms with E-state index in [-0.39, 0.29) is 12.4 Å². The SMILES string of the molecule is C[O][Ni+].[Cl-]. The van der Waals surface area contributed by atoms with Crippen molar-refractivity contribution in [2.24, 2.45) is 0 Å². The Morgan fingerprint density at radius 2 is 1.75 bits per heavy atom. The molecule has 0 unspecified atom stereocenters. The molecule has 0 N–H and O–H groups in total. The van der Waals surface area contributed by atoms with Crippen LogP contribution < -0.4 is 12.4 Å². The van der Waals surface area contributed by atoms with Crippen LogP contribution in [0, 0.1) is 0 Å². The molecule has 30 valence electrons. The van der Waals surface area contributed by atoms with E-state index in [4.69, 9.17) is 0 Å². The minimum Gasteiger partial charge on any atom is -1.00 e. The van der Waals surface area contributed by atoms with Crippen LogP contribution in [0.4, 0.5) is 0 Å². The average Bonchev–Trinajstić information content (AvgIpc) is 0.918. The summed E-state index contributed by atoms with van der Waals surface area (Å²) < 4.78 is 3.88. The molecule has 0 aromatic carbocycles. The van der Waals surface area contributed by atoms with Crippen molar-refractivity contribution in [2.45, 2.75) is 0 Å². The molecule has 3 heteroatoms. The number of rotatable bonds is 0. The van der Waals surface area contributed by atoms with Gasteiger partial charge in [-0.2, -0.15) is 0 Å². The molecule has 0 rings (SSSR count). The molecule has 0 aliphatic carbocycles. The molecule has 0 spiro atoms. The van der Waals surface area contributed by atoms with Gasteiger partial charge in [-0.15, -0.1) is 0 Å². The predicted molar refractivity (Wildman–Crippen MR) is 7.01 cm³/mol. The molecule has 0 heterocycles. The Hall–Kier alpha value is 0.744. The van der Waals surface area contributed by atoms with Gasteiger partial charge >= 0.3 is 26.8 Å². The summed E-state index contributed by atoms with van der Waals surface area (Å²) in [6, 6.07) is 0. The van der Waals surface area contributed by atoms with E-state index < -0.39 is 0 Å². The molecule has 0 saturated heterocycles. The van der Waals surface area contributed by atoms with Crippen molar-refractivity contribution >= 4 is 0 Å². The zero-order valence-electron chi connectivity index (χ0n) is 2.10. The Bertz CT molecular complexity index is 8.00. The standard InChI is InChI=1S/CH3O.ClH.Ni/c1-2;;/h1H3;1H;/q-1;;+2/p-1. The third kappa shape index (κ3) is 15.1. The van der Waals surface area contributed by atoms with Gasteiger partial charge in [-0.25, -0.2) is 0 Å². The molecule has 1 nitrogen and oxygen atoms in total. The van der Waals surface area contributed by atoms with Crippen LogP contribution in [0.3, 0.4) is 0 Å². The molecular weight excluding hydrogens is 122 g/mol. The minimum absolute atomic E-state index is 0. The predicted octanol–water partition coefficient (Wildman–Crippen LogP) is -2.90. The Kier molecular flexibility index (Phi) is 20.5. The van der Waals surface area contributed by atoms with Crippen LogP contribution in [0.1, 0.15) is 0 Å². The summed E-state index contributed by atoms with van der Waals surface area (Å²) in [4.78, 5) is 0. The first-order valence-corrected chi connectivity index (χ1v) is 0.941. The third-order valence-corrected chi connectivity index (χ3v) is 0. The maximum Gasteiger partial charge on any atom is -1.00 e. The Morgan fingerprint density at radius 1 is 1.75 bits per heavy atom. The van der Waals surface area contributed by atoms with Crippen LogP contribution in [0.2, 0.25) is 0 Å². The molecule has 0 bridgehead atoms. The number of halogens is 1. The van der Waals surface area contributed by atoms with E-state index in [1.54, 1.807) is 0 Å². The first-order chi connectivity index (χ1) is 1.41. The van der Waals surface area contributed by atoms with E-state index in [0.717, 1.165) is 0 Å². The van der Waals surface area contributed by atoms with E-state index in [1.165, 1.54) is 7.11 Å². The van der Waals surface area contributed by atoms with Gasteiger partial charge in [0.2, 0.25) is 0 Å². The monoisotopic (exact) mass is 124 g/mol. The van der Waals surface area contributed by atoms with Gasteiger partial charge in [-0.05, 0) is 0 Å². The van der Waals surface area contributed by atoms with Crippen LogP contribution in [-0.4, -0.2) is 7.11 Å². The van der Waals surface area contributed by atoms with E-state index in [1.807, 2.05) is 0 Å². The molecule has 0 radical (unpaired) electrons. The van der Waals surface area contributed by atoms with Crippen molar-refractivity contribution in [1.29, 1.82) is 0 Å². The summed E-state index contributed by atoms with van der Waals surface area (Å²) >= 11 is 3.67. The maximum atomic E-state index is 3.88. The molecule has 0 amide bonds. The number of hydrogen-bond donors (Lipinski definition) is 0. The maximum absolute atomic E-state index is 3.88. The topological polar surface area (TPSA) is 9.23 Å². The van der Waals surface area contributed by atoms with Crippen molar-refractivity contribution in [3.63, 3.8) is 0 Å². The van der Waals surface area contributed by atoms with Gasteiger partial charge in [-0.3, -0.25) is 0 Å². The van der Waals surface area contributed by atoms with Crippen molar-refractivity contribution in [3.05, 3.63) is 0 Å². The Labute approximate surface area is 39.8 Å². The van der Waals surface area contributed by atoms with Crippen LogP contribution in [0.25, 0.3) is 0 Å². The largest absolute Gasteiger partial charge is 1.00 e. The first kappa shape index (κ1) is 8.83. The van der Waals surface area contributed by atoms with Gasteiger partial charge in [0.05, 0.1) is 0 Å². The van der Waals surface area contributed by atoms with Crippen molar-refractivity contribution in [2.75, 3.05) is 7.11 Å². The van der Waals surface area contributed by atoms with E-state index in [2.05, 4.69) is 19.7 Å². The van der Waals surface area contributed by atoms with Crippen molar-refractivity contribution < 1.29 is 32.1 Å². The van der Waals surface area contributed by atoms with Gasteiger partial charge in [0, 0.05) is 0 Å². The molecule has 0 aliphatic rings. The molecule has 4 heavy (non-hydrogen) atoms. The van der Waals surface area contributed by atoms with Crippen LogP contribution in [0.15, 0.2) is 0 Å². The molecular formula is CH3ClNiO. The molecule has 0 aromatic heterocycles. The molecule has 0 aromatic rings. The normalized spacial score (nSPS) is 4.75. The van der Waals surface area contributed by atoms with Crippen LogP contribution in [-0.2, 0) is 19.7 Å². The Balaban J connectivity index is 0. The van der Waals surface area contributed by atoms with E-state index >= 15 is 0 Å². The fourth-order valence-electron chi connectivity index (χ4n) is 0. The fourth-order valence-corrected chi connectivity index (χ4v) is 0. The molecule has 0 aliphatic heterocycles. The van der Waals surface area contributed by atoms with Crippen molar-refractivity contribution in [3.8, 4) is 0 Å². The number of hydrogen-bond acceptors (Lipinski definition) is 1. The van der Waals surface area contributed by atoms with Gasteiger partial charge in [0.15, 0.2) is 0 Å². The quantitative estimate of drug-likeness (QED) is 0.316. The van der Waals surface area contributed by atoms with Crippen LogP contribution in [0.5, 0.6) is 0 Å². The fraction of sp³-hybridized carbons (Fsp3) is 1.00. The summed E-state index contributed by atoms with van der Waals surface area (Å²) in [5, 5.41) is 0. The Morgan fingerprint density at radius 3 is 1.75 bits per heavy atom. The second-order valence-corrected chi connectivity index (χ2v) is 0.532. The zero-order chi connectivity index (χ0) is 2.71. The zero-order valence-corrected chi connectivity index (χ0v) is 3.85. The van der Waals surface area contributed by atoms with Gasteiger partial charge < -0.3 is 12.4 Å². The van der Waals surface area contributed by atoms with E-state index in [9.17, 15) is 0 Å². The second kappa shape index (κ2) is 9.27. The van der Waals surface area contributed by atoms with Gasteiger partial charge in [0.25, 0.3) is 0 Å². The summed E-state index contributed by atoms with van der Waals surface area (Å²) in [6.07, 6.45) is 0. The van der Waals surface area contributed by atoms with Gasteiger partial charge in [-0.1, -0.05) is 0 Å². The summed E-state index contributed by atoms with van der Waals surface area (Å²) in [5.74, 6) is 0. The third-order valence-electron chi connectivity index (χ3n) is 0. The summed E-state index contributed by atoms with van der Waals surface area (Å²) in [6.45, 7) is 0. The molecule has 0 fully saturated rings. The molecule has 0 saturated carbocycles.